The fraction of sp³-hybridized carbons (Fsp3) is 0.241. The van der Waals surface area contributed by atoms with Crippen LogP contribution < -0.4 is 5.32 Å². The van der Waals surface area contributed by atoms with Crippen LogP contribution in [0.15, 0.2) is 78.0 Å². The molecule has 1 aliphatic heterocycles. The zero-order valence-corrected chi connectivity index (χ0v) is 22.4. The smallest absolute Gasteiger partial charge is 0.223 e. The van der Waals surface area contributed by atoms with Gasteiger partial charge in [0.05, 0.1) is 30.1 Å². The first kappa shape index (κ1) is 26.1. The molecule has 1 aliphatic rings. The number of imidazole rings is 1. The minimum Gasteiger partial charge on any atom is -0.356 e. The van der Waals surface area contributed by atoms with Crippen LogP contribution in [0, 0.1) is 12.7 Å². The monoisotopic (exact) mass is 526 g/mol. The molecule has 39 heavy (non-hydrogen) atoms. The molecule has 9 nitrogen and oxygen atoms in total. The van der Waals surface area contributed by atoms with E-state index in [1.165, 1.54) is 23.1 Å². The largest absolute Gasteiger partial charge is 0.356 e. The molecule has 10 heteroatoms. The summed E-state index contributed by atoms with van der Waals surface area (Å²) in [5.74, 6) is 0.923. The molecule has 0 saturated carbocycles. The Kier molecular flexibility index (Phi) is 7.38. The number of halogens is 1. The number of aromatic amines is 2. The van der Waals surface area contributed by atoms with Crippen molar-refractivity contribution >= 4 is 10.9 Å². The van der Waals surface area contributed by atoms with Gasteiger partial charge in [-0.25, -0.2) is 9.37 Å². The van der Waals surface area contributed by atoms with E-state index in [-0.39, 0.29) is 5.82 Å². The fourth-order valence-corrected chi connectivity index (χ4v) is 4.92. The van der Waals surface area contributed by atoms with Crippen LogP contribution in [0.1, 0.15) is 42.4 Å². The Morgan fingerprint density at radius 2 is 1.85 bits per heavy atom. The Morgan fingerprint density at radius 1 is 1.05 bits per heavy atom. The molecule has 2 aromatic carbocycles. The molecule has 0 fully saturated rings. The molecule has 5 heterocycles. The number of benzene rings is 2. The normalized spacial score (nSPS) is 16.1. The summed E-state index contributed by atoms with van der Waals surface area (Å²) in [6.07, 6.45) is 8.10. The van der Waals surface area contributed by atoms with Crippen molar-refractivity contribution in [2.24, 2.45) is 7.05 Å². The van der Waals surface area contributed by atoms with E-state index in [2.05, 4.69) is 53.7 Å². The highest BCUT2D eigenvalue weighted by molar-refractivity contribution is 5.86. The molecule has 0 bridgehead atoms. The van der Waals surface area contributed by atoms with Gasteiger partial charge in [-0.1, -0.05) is 37.2 Å². The van der Waals surface area contributed by atoms with Crippen molar-refractivity contribution in [2.45, 2.75) is 32.7 Å². The quantitative estimate of drug-likeness (QED) is 0.289. The predicted molar refractivity (Wildman–Crippen MR) is 147 cm³/mol. The summed E-state index contributed by atoms with van der Waals surface area (Å²) < 4.78 is 19.6. The first-order valence-electron chi connectivity index (χ1n) is 12.9. The molecule has 0 amide bonds. The summed E-state index contributed by atoms with van der Waals surface area (Å²) in [6, 6.07) is 14.7. The van der Waals surface area contributed by atoms with Crippen LogP contribution in [-0.2, 0) is 19.0 Å². The Balaban J connectivity index is 0.000000185. The van der Waals surface area contributed by atoms with Crippen molar-refractivity contribution in [1.82, 2.24) is 40.2 Å². The molecule has 7 rings (SSSR count). The third-order valence-corrected chi connectivity index (χ3v) is 6.61. The van der Waals surface area contributed by atoms with Crippen LogP contribution in [0.4, 0.5) is 4.39 Å². The Morgan fingerprint density at radius 3 is 2.51 bits per heavy atom. The molecule has 0 radical (unpaired) electrons. The van der Waals surface area contributed by atoms with Crippen LogP contribution in [-0.4, -0.2) is 41.4 Å². The van der Waals surface area contributed by atoms with E-state index in [0.29, 0.717) is 11.7 Å². The van der Waals surface area contributed by atoms with Crippen molar-refractivity contribution in [3.05, 3.63) is 108 Å². The summed E-state index contributed by atoms with van der Waals surface area (Å²) >= 11 is 0. The first-order valence-corrected chi connectivity index (χ1v) is 12.9. The van der Waals surface area contributed by atoms with Crippen molar-refractivity contribution < 1.29 is 8.91 Å². The highest BCUT2D eigenvalue weighted by Crippen LogP contribution is 2.41. The van der Waals surface area contributed by atoms with Crippen molar-refractivity contribution in [3.63, 3.8) is 0 Å². The third-order valence-electron chi connectivity index (χ3n) is 6.61. The first-order chi connectivity index (χ1) is 19.0. The summed E-state index contributed by atoms with van der Waals surface area (Å²) in [5, 5.41) is 13.5. The zero-order valence-electron chi connectivity index (χ0n) is 22.4. The molecule has 0 spiro atoms. The maximum absolute atomic E-state index is 12.5. The molecule has 1 atom stereocenters. The van der Waals surface area contributed by atoms with Gasteiger partial charge in [0.15, 0.2) is 5.54 Å². The molecule has 4 aromatic heterocycles. The lowest BCUT2D eigenvalue weighted by molar-refractivity contribution is 0.356. The second kappa shape index (κ2) is 11.0. The van der Waals surface area contributed by atoms with Crippen LogP contribution in [0.3, 0.4) is 0 Å². The highest BCUT2D eigenvalue weighted by atomic mass is 19.1. The number of rotatable bonds is 3. The lowest BCUT2D eigenvalue weighted by Crippen LogP contribution is -2.50. The number of hydrogen-bond acceptors (Lipinski definition) is 6. The second-order valence-corrected chi connectivity index (χ2v) is 8.96. The van der Waals surface area contributed by atoms with E-state index >= 15 is 0 Å². The number of hydrogen-bond donors (Lipinski definition) is 3. The van der Waals surface area contributed by atoms with E-state index in [4.69, 9.17) is 4.52 Å². The van der Waals surface area contributed by atoms with Crippen LogP contribution in [0.2, 0.25) is 0 Å². The van der Waals surface area contributed by atoms with E-state index in [0.717, 1.165) is 41.0 Å². The van der Waals surface area contributed by atoms with Crippen LogP contribution >= 0.6 is 0 Å². The lowest BCUT2D eigenvalue weighted by atomic mass is 9.81. The van der Waals surface area contributed by atoms with Crippen LogP contribution in [0.25, 0.3) is 22.2 Å². The Labute approximate surface area is 225 Å². The van der Waals surface area contributed by atoms with Gasteiger partial charge in [0, 0.05) is 43.2 Å². The number of aryl methyl sites for hydroxylation is 2. The summed E-state index contributed by atoms with van der Waals surface area (Å²) in [5.41, 5.74) is 5.60. The molecule has 1 unspecified atom stereocenters. The van der Waals surface area contributed by atoms with Gasteiger partial charge in [-0.2, -0.15) is 10.1 Å². The standard InChI is InChI=1S/C18H18N6O.C9H7FN2.C2H6/c1-11-21-17(23-25-11)18(12-9-20-24(2)10-12)16-14(7-8-19-18)13-5-3-4-6-15(13)22-16;10-8-3-1-7(2-4-8)9-5-11-6-12-9;1-2/h3-6,9-10,19,22H,7-8H2,1-2H3;1-6H,(H,11,12);1-2H3. The third kappa shape index (κ3) is 4.86. The Hall–Kier alpha value is -4.57. The van der Waals surface area contributed by atoms with Crippen molar-refractivity contribution in [3.8, 4) is 11.3 Å². The molecule has 6 aromatic rings. The molecule has 200 valence electrons. The SMILES string of the molecule is CC.Cc1nc(C2(c3cnn(C)c3)NCCc3c2[nH]c2ccccc32)no1.Fc1ccc(-c2cnc[nH]2)cc1. The average Bonchev–Trinajstić information content (AvgIpc) is 3.78. The molecular formula is C29H31FN8O. The van der Waals surface area contributed by atoms with Gasteiger partial charge in [0.25, 0.3) is 0 Å². The topological polar surface area (TPSA) is 113 Å². The maximum Gasteiger partial charge on any atom is 0.223 e. The van der Waals surface area contributed by atoms with E-state index < -0.39 is 5.54 Å². The van der Waals surface area contributed by atoms with Crippen LogP contribution in [0.5, 0.6) is 0 Å². The second-order valence-electron chi connectivity index (χ2n) is 8.96. The van der Waals surface area contributed by atoms with Gasteiger partial charge in [-0.3, -0.25) is 10.00 Å². The zero-order chi connectivity index (χ0) is 27.4. The minimum atomic E-state index is -0.696. The van der Waals surface area contributed by atoms with Crippen molar-refractivity contribution in [2.75, 3.05) is 6.54 Å². The molecule has 3 N–H and O–H groups in total. The predicted octanol–water partition coefficient (Wildman–Crippen LogP) is 5.27. The fourth-order valence-electron chi connectivity index (χ4n) is 4.92. The van der Waals surface area contributed by atoms with Gasteiger partial charge < -0.3 is 14.5 Å². The Bertz CT molecular complexity index is 1610. The number of H-pyrrole nitrogens is 2. The molecule has 0 aliphatic carbocycles. The summed E-state index contributed by atoms with van der Waals surface area (Å²) in [4.78, 5) is 15.0. The van der Waals surface area contributed by atoms with Gasteiger partial charge >= 0.3 is 0 Å². The number of fused-ring (bicyclic) bond motifs is 3. The van der Waals surface area contributed by atoms with E-state index in [1.54, 1.807) is 29.3 Å². The maximum atomic E-state index is 12.5. The lowest BCUT2D eigenvalue weighted by Gasteiger charge is -2.35. The number of para-hydroxylation sites is 1. The summed E-state index contributed by atoms with van der Waals surface area (Å²) in [6.45, 7) is 6.62. The minimum absolute atomic E-state index is 0.224. The van der Waals surface area contributed by atoms with E-state index in [9.17, 15) is 4.39 Å². The van der Waals surface area contributed by atoms with E-state index in [1.807, 2.05) is 46.3 Å². The van der Waals surface area contributed by atoms with Gasteiger partial charge in [0.2, 0.25) is 11.7 Å². The number of aromatic nitrogens is 7. The highest BCUT2D eigenvalue weighted by Gasteiger charge is 2.46. The van der Waals surface area contributed by atoms with Gasteiger partial charge in [-0.05, 0) is 47.9 Å². The number of nitrogens with zero attached hydrogens (tertiary/aromatic N) is 5. The molecule has 0 saturated heterocycles. The summed E-state index contributed by atoms with van der Waals surface area (Å²) in [7, 11) is 1.91. The molecular weight excluding hydrogens is 495 g/mol. The van der Waals surface area contributed by atoms with Crippen molar-refractivity contribution in [1.29, 1.82) is 0 Å². The average molecular weight is 527 g/mol. The number of nitrogens with one attached hydrogen (secondary N) is 3. The van der Waals surface area contributed by atoms with Gasteiger partial charge in [0.1, 0.15) is 5.82 Å². The van der Waals surface area contributed by atoms with Gasteiger partial charge in [-0.15, -0.1) is 0 Å².